The van der Waals surface area contributed by atoms with E-state index < -0.39 is 0 Å². The number of hydrogen-bond acceptors (Lipinski definition) is 6. The number of aliphatic imine (C=N–C) groups is 1. The molecule has 1 saturated heterocycles. The van der Waals surface area contributed by atoms with Gasteiger partial charge in [0.05, 0.1) is 26.4 Å². The highest BCUT2D eigenvalue weighted by Gasteiger charge is 2.25. The molecule has 9 heteroatoms. The van der Waals surface area contributed by atoms with Crippen LogP contribution in [0.3, 0.4) is 0 Å². The lowest BCUT2D eigenvalue weighted by atomic mass is 10.1. The van der Waals surface area contributed by atoms with Crippen LogP contribution >= 0.6 is 24.0 Å². The summed E-state index contributed by atoms with van der Waals surface area (Å²) in [6.07, 6.45) is 2.83. The fourth-order valence-electron chi connectivity index (χ4n) is 2.97. The van der Waals surface area contributed by atoms with Crippen LogP contribution in [0.4, 0.5) is 0 Å². The standard InChI is InChI=1S/C19H32N4O4.HI/c1-20-19(23-8-6-16(14-23)15-26-11-9-24-2)22-13-17-5-4-7-21-18(17)27-12-10-25-3;/h4-5,7,16H,6,8-15H2,1-3H3,(H,20,22);1H. The molecular weight excluding hydrogens is 475 g/mol. The number of hydrogen-bond donors (Lipinski definition) is 1. The second-order valence-corrected chi connectivity index (χ2v) is 6.38. The van der Waals surface area contributed by atoms with Crippen molar-refractivity contribution in [3.05, 3.63) is 23.9 Å². The van der Waals surface area contributed by atoms with Crippen LogP contribution in [0.5, 0.6) is 5.88 Å². The molecule has 1 aromatic heterocycles. The average Bonchev–Trinajstić information content (AvgIpc) is 3.16. The van der Waals surface area contributed by atoms with Crippen molar-refractivity contribution >= 4 is 29.9 Å². The van der Waals surface area contributed by atoms with Gasteiger partial charge in [-0.3, -0.25) is 4.99 Å². The molecule has 1 aliphatic rings. The van der Waals surface area contributed by atoms with Gasteiger partial charge in [0.15, 0.2) is 5.96 Å². The highest BCUT2D eigenvalue weighted by Crippen LogP contribution is 2.18. The minimum atomic E-state index is 0. The second kappa shape index (κ2) is 14.8. The lowest BCUT2D eigenvalue weighted by Crippen LogP contribution is -2.40. The van der Waals surface area contributed by atoms with E-state index in [-0.39, 0.29) is 24.0 Å². The van der Waals surface area contributed by atoms with Gasteiger partial charge in [-0.1, -0.05) is 6.07 Å². The zero-order valence-corrected chi connectivity index (χ0v) is 19.4. The number of guanidine groups is 1. The Labute approximate surface area is 185 Å². The van der Waals surface area contributed by atoms with Gasteiger partial charge >= 0.3 is 0 Å². The van der Waals surface area contributed by atoms with Gasteiger partial charge in [0.1, 0.15) is 6.61 Å². The first-order chi connectivity index (χ1) is 13.3. The summed E-state index contributed by atoms with van der Waals surface area (Å²) in [5.74, 6) is 2.04. The van der Waals surface area contributed by atoms with Gasteiger partial charge in [-0.25, -0.2) is 4.98 Å². The molecule has 1 fully saturated rings. The van der Waals surface area contributed by atoms with Crippen molar-refractivity contribution in [3.8, 4) is 5.88 Å². The van der Waals surface area contributed by atoms with Gasteiger partial charge in [-0.2, -0.15) is 0 Å². The van der Waals surface area contributed by atoms with E-state index in [4.69, 9.17) is 18.9 Å². The predicted molar refractivity (Wildman–Crippen MR) is 120 cm³/mol. The molecule has 28 heavy (non-hydrogen) atoms. The molecule has 0 radical (unpaired) electrons. The quantitative estimate of drug-likeness (QED) is 0.211. The van der Waals surface area contributed by atoms with E-state index in [1.807, 2.05) is 19.2 Å². The van der Waals surface area contributed by atoms with Crippen LogP contribution in [-0.2, 0) is 20.8 Å². The molecule has 2 rings (SSSR count). The molecule has 0 spiro atoms. The Bertz CT molecular complexity index is 577. The zero-order chi connectivity index (χ0) is 19.3. The molecule has 1 aromatic rings. The number of rotatable bonds is 11. The number of aromatic nitrogens is 1. The van der Waals surface area contributed by atoms with Gasteiger partial charge in [-0.15, -0.1) is 24.0 Å². The van der Waals surface area contributed by atoms with E-state index in [2.05, 4.69) is 20.2 Å². The molecule has 0 bridgehead atoms. The van der Waals surface area contributed by atoms with E-state index in [1.165, 1.54) is 0 Å². The second-order valence-electron chi connectivity index (χ2n) is 6.38. The Morgan fingerprint density at radius 1 is 1.25 bits per heavy atom. The maximum absolute atomic E-state index is 5.69. The van der Waals surface area contributed by atoms with Crippen LogP contribution in [0.25, 0.3) is 0 Å². The first-order valence-electron chi connectivity index (χ1n) is 9.36. The molecule has 8 nitrogen and oxygen atoms in total. The van der Waals surface area contributed by atoms with Gasteiger partial charge < -0.3 is 29.2 Å². The maximum Gasteiger partial charge on any atom is 0.218 e. The van der Waals surface area contributed by atoms with Gasteiger partial charge in [0, 0.05) is 58.6 Å². The van der Waals surface area contributed by atoms with Gasteiger partial charge in [0.25, 0.3) is 0 Å². The van der Waals surface area contributed by atoms with Crippen LogP contribution in [-0.4, -0.2) is 83.2 Å². The Morgan fingerprint density at radius 3 is 2.79 bits per heavy atom. The molecular formula is C19H33IN4O4. The molecule has 1 unspecified atom stereocenters. The third kappa shape index (κ3) is 8.46. The summed E-state index contributed by atoms with van der Waals surface area (Å²) in [4.78, 5) is 11.0. The maximum atomic E-state index is 5.69. The predicted octanol–water partition coefficient (Wildman–Crippen LogP) is 1.79. The fourth-order valence-corrected chi connectivity index (χ4v) is 2.97. The van der Waals surface area contributed by atoms with Crippen molar-refractivity contribution in [1.82, 2.24) is 15.2 Å². The molecule has 1 aliphatic heterocycles. The Hall–Kier alpha value is -1.17. The lowest BCUT2D eigenvalue weighted by Gasteiger charge is -2.22. The molecule has 0 amide bonds. The van der Waals surface area contributed by atoms with Crippen LogP contribution in [0.2, 0.25) is 0 Å². The highest BCUT2D eigenvalue weighted by molar-refractivity contribution is 14.0. The SMILES string of the molecule is CN=C(NCc1cccnc1OCCOC)N1CCC(COCCOC)C1.I. The Balaban J connectivity index is 0.00000392. The molecule has 0 aromatic carbocycles. The number of pyridine rings is 1. The van der Waals surface area contributed by atoms with E-state index >= 15 is 0 Å². The number of ether oxygens (including phenoxy) is 4. The summed E-state index contributed by atoms with van der Waals surface area (Å²) >= 11 is 0. The van der Waals surface area contributed by atoms with E-state index in [0.29, 0.717) is 44.8 Å². The van der Waals surface area contributed by atoms with Crippen LogP contribution in [0.1, 0.15) is 12.0 Å². The van der Waals surface area contributed by atoms with Crippen LogP contribution in [0, 0.1) is 5.92 Å². The van der Waals surface area contributed by atoms with Crippen molar-refractivity contribution in [2.24, 2.45) is 10.9 Å². The monoisotopic (exact) mass is 508 g/mol. The molecule has 160 valence electrons. The summed E-state index contributed by atoms with van der Waals surface area (Å²) in [5.41, 5.74) is 0.994. The zero-order valence-electron chi connectivity index (χ0n) is 17.1. The molecule has 0 saturated carbocycles. The molecule has 2 heterocycles. The number of nitrogens with one attached hydrogen (secondary N) is 1. The van der Waals surface area contributed by atoms with E-state index in [9.17, 15) is 0 Å². The first kappa shape index (κ1) is 24.9. The summed E-state index contributed by atoms with van der Waals surface area (Å²) in [6.45, 7) is 5.58. The largest absolute Gasteiger partial charge is 0.475 e. The summed E-state index contributed by atoms with van der Waals surface area (Å²) in [7, 11) is 5.15. The number of halogens is 1. The summed E-state index contributed by atoms with van der Waals surface area (Å²) < 4.78 is 21.4. The smallest absolute Gasteiger partial charge is 0.218 e. The normalized spacial score (nSPS) is 16.8. The van der Waals surface area contributed by atoms with Gasteiger partial charge in [0.2, 0.25) is 5.88 Å². The Morgan fingerprint density at radius 2 is 2.04 bits per heavy atom. The van der Waals surface area contributed by atoms with Crippen molar-refractivity contribution in [3.63, 3.8) is 0 Å². The first-order valence-corrected chi connectivity index (χ1v) is 9.36. The lowest BCUT2D eigenvalue weighted by molar-refractivity contribution is 0.0536. The molecule has 1 N–H and O–H groups in total. The van der Waals surface area contributed by atoms with Crippen molar-refractivity contribution in [1.29, 1.82) is 0 Å². The minimum absolute atomic E-state index is 0. The number of nitrogens with zero attached hydrogens (tertiary/aromatic N) is 3. The van der Waals surface area contributed by atoms with Gasteiger partial charge in [-0.05, 0) is 12.5 Å². The third-order valence-corrected chi connectivity index (χ3v) is 4.40. The minimum Gasteiger partial charge on any atom is -0.475 e. The van der Waals surface area contributed by atoms with E-state index in [1.54, 1.807) is 20.4 Å². The third-order valence-electron chi connectivity index (χ3n) is 4.40. The summed E-state index contributed by atoms with van der Waals surface area (Å²) in [6, 6.07) is 3.91. The van der Waals surface area contributed by atoms with Crippen LogP contribution in [0.15, 0.2) is 23.3 Å². The highest BCUT2D eigenvalue weighted by atomic mass is 127. The van der Waals surface area contributed by atoms with Crippen LogP contribution < -0.4 is 10.1 Å². The summed E-state index contributed by atoms with van der Waals surface area (Å²) in [5, 5.41) is 3.42. The number of likely N-dealkylation sites (tertiary alicyclic amines) is 1. The molecule has 0 aliphatic carbocycles. The Kier molecular flexibility index (Phi) is 13.1. The van der Waals surface area contributed by atoms with Crippen molar-refractivity contribution in [2.75, 3.05) is 67.4 Å². The topological polar surface area (TPSA) is 77.4 Å². The fraction of sp³-hybridized carbons (Fsp3) is 0.684. The van der Waals surface area contributed by atoms with E-state index in [0.717, 1.165) is 37.6 Å². The molecule has 1 atom stereocenters. The number of methoxy groups -OCH3 is 2. The average molecular weight is 508 g/mol. The van der Waals surface area contributed by atoms with Crippen molar-refractivity contribution < 1.29 is 18.9 Å². The van der Waals surface area contributed by atoms with Crippen molar-refractivity contribution in [2.45, 2.75) is 13.0 Å².